The maximum atomic E-state index is 3.49. The molecule has 1 aliphatic carbocycles. The van der Waals surface area contributed by atoms with Gasteiger partial charge in [-0.2, -0.15) is 0 Å². The van der Waals surface area contributed by atoms with Crippen molar-refractivity contribution in [1.82, 2.24) is 15.1 Å². The van der Waals surface area contributed by atoms with Crippen molar-refractivity contribution in [3.05, 3.63) is 0 Å². The van der Waals surface area contributed by atoms with Gasteiger partial charge in [-0.25, -0.2) is 0 Å². The van der Waals surface area contributed by atoms with Gasteiger partial charge in [0.2, 0.25) is 0 Å². The van der Waals surface area contributed by atoms with E-state index in [1.807, 2.05) is 0 Å². The lowest BCUT2D eigenvalue weighted by Gasteiger charge is -2.37. The molecule has 2 fully saturated rings. The summed E-state index contributed by atoms with van der Waals surface area (Å²) in [4.78, 5) is 5.17. The summed E-state index contributed by atoms with van der Waals surface area (Å²) in [6.07, 6.45) is 8.60. The van der Waals surface area contributed by atoms with E-state index in [4.69, 9.17) is 0 Å². The van der Waals surface area contributed by atoms with Gasteiger partial charge in [-0.3, -0.25) is 0 Å². The highest BCUT2D eigenvalue weighted by Crippen LogP contribution is 2.36. The van der Waals surface area contributed by atoms with E-state index in [0.29, 0.717) is 5.41 Å². The summed E-state index contributed by atoms with van der Waals surface area (Å²) in [6.45, 7) is 7.48. The van der Waals surface area contributed by atoms with Gasteiger partial charge in [0, 0.05) is 32.2 Å². The van der Waals surface area contributed by atoms with E-state index in [1.165, 1.54) is 64.7 Å². The number of likely N-dealkylation sites (tertiary alicyclic amines) is 1. The van der Waals surface area contributed by atoms with Crippen LogP contribution in [0.5, 0.6) is 0 Å². The van der Waals surface area contributed by atoms with Crippen LogP contribution >= 0.6 is 0 Å². The zero-order valence-electron chi connectivity index (χ0n) is 14.1. The van der Waals surface area contributed by atoms with E-state index in [1.54, 1.807) is 0 Å². The molecule has 2 unspecified atom stereocenters. The van der Waals surface area contributed by atoms with Crippen LogP contribution in [-0.2, 0) is 0 Å². The fourth-order valence-electron chi connectivity index (χ4n) is 4.57. The molecule has 1 saturated carbocycles. The number of hydrogen-bond donors (Lipinski definition) is 1. The molecule has 0 spiro atoms. The molecule has 0 bridgehead atoms. The first kappa shape index (κ1) is 16.3. The van der Waals surface area contributed by atoms with Gasteiger partial charge in [-0.05, 0) is 45.3 Å². The Labute approximate surface area is 126 Å². The summed E-state index contributed by atoms with van der Waals surface area (Å²) >= 11 is 0. The fourth-order valence-corrected chi connectivity index (χ4v) is 4.57. The van der Waals surface area contributed by atoms with Crippen molar-refractivity contribution < 1.29 is 0 Å². The fraction of sp³-hybridized carbons (Fsp3) is 1.00. The molecule has 0 radical (unpaired) electrons. The van der Waals surface area contributed by atoms with E-state index < -0.39 is 0 Å². The average molecular weight is 281 g/mol. The minimum Gasteiger partial charge on any atom is -0.319 e. The first-order valence-electron chi connectivity index (χ1n) is 8.60. The maximum Gasteiger partial charge on any atom is 0.0254 e. The van der Waals surface area contributed by atoms with Crippen LogP contribution in [0.1, 0.15) is 45.4 Å². The van der Waals surface area contributed by atoms with Crippen molar-refractivity contribution in [3.63, 3.8) is 0 Å². The second kappa shape index (κ2) is 7.24. The molecular weight excluding hydrogens is 246 g/mol. The SMILES string of the molecule is CNCC1(CN2CC(C)C(N(C)C)C2)CCCCCC1. The summed E-state index contributed by atoms with van der Waals surface area (Å²) in [7, 11) is 6.60. The Kier molecular flexibility index (Phi) is 5.88. The van der Waals surface area contributed by atoms with Crippen LogP contribution in [0.15, 0.2) is 0 Å². The minimum absolute atomic E-state index is 0.534. The molecule has 0 aromatic rings. The third kappa shape index (κ3) is 3.96. The highest BCUT2D eigenvalue weighted by Gasteiger charge is 2.37. The Morgan fingerprint density at radius 2 is 1.75 bits per heavy atom. The minimum atomic E-state index is 0.534. The Balaban J connectivity index is 1.98. The summed E-state index contributed by atoms with van der Waals surface area (Å²) in [5, 5.41) is 3.49. The van der Waals surface area contributed by atoms with Crippen molar-refractivity contribution in [3.8, 4) is 0 Å². The molecule has 20 heavy (non-hydrogen) atoms. The molecular formula is C17H35N3. The molecule has 1 saturated heterocycles. The van der Waals surface area contributed by atoms with E-state index in [-0.39, 0.29) is 0 Å². The Bertz CT molecular complexity index is 282. The van der Waals surface area contributed by atoms with Gasteiger partial charge in [-0.15, -0.1) is 0 Å². The van der Waals surface area contributed by atoms with Gasteiger partial charge in [0.05, 0.1) is 0 Å². The van der Waals surface area contributed by atoms with Crippen molar-refractivity contribution in [2.24, 2.45) is 11.3 Å². The first-order valence-corrected chi connectivity index (χ1v) is 8.60. The second-order valence-corrected chi connectivity index (χ2v) is 7.65. The monoisotopic (exact) mass is 281 g/mol. The van der Waals surface area contributed by atoms with Gasteiger partial charge in [-0.1, -0.05) is 32.6 Å². The largest absolute Gasteiger partial charge is 0.319 e. The summed E-state index contributed by atoms with van der Waals surface area (Å²) in [6, 6.07) is 0.743. The van der Waals surface area contributed by atoms with Crippen LogP contribution in [0.25, 0.3) is 0 Å². The van der Waals surface area contributed by atoms with Crippen LogP contribution in [0.2, 0.25) is 0 Å². The molecule has 0 aromatic carbocycles. The lowest BCUT2D eigenvalue weighted by molar-refractivity contribution is 0.141. The average Bonchev–Trinajstić information content (AvgIpc) is 2.60. The molecule has 1 aliphatic heterocycles. The summed E-state index contributed by atoms with van der Waals surface area (Å²) in [5.41, 5.74) is 0.534. The van der Waals surface area contributed by atoms with Gasteiger partial charge < -0.3 is 15.1 Å². The van der Waals surface area contributed by atoms with Crippen LogP contribution in [-0.4, -0.2) is 63.2 Å². The molecule has 2 rings (SSSR count). The topological polar surface area (TPSA) is 18.5 Å². The summed E-state index contributed by atoms with van der Waals surface area (Å²) < 4.78 is 0. The second-order valence-electron chi connectivity index (χ2n) is 7.65. The summed E-state index contributed by atoms with van der Waals surface area (Å²) in [5.74, 6) is 0.808. The van der Waals surface area contributed by atoms with Crippen LogP contribution in [0.3, 0.4) is 0 Å². The van der Waals surface area contributed by atoms with E-state index >= 15 is 0 Å². The van der Waals surface area contributed by atoms with Crippen LogP contribution in [0.4, 0.5) is 0 Å². The predicted octanol–water partition coefficient (Wildman–Crippen LogP) is 2.43. The zero-order valence-corrected chi connectivity index (χ0v) is 14.1. The normalized spacial score (nSPS) is 31.6. The Morgan fingerprint density at radius 3 is 2.25 bits per heavy atom. The van der Waals surface area contributed by atoms with E-state index in [2.05, 4.69) is 43.2 Å². The molecule has 1 N–H and O–H groups in total. The lowest BCUT2D eigenvalue weighted by atomic mass is 9.79. The van der Waals surface area contributed by atoms with Crippen molar-refractivity contribution in [1.29, 1.82) is 0 Å². The number of likely N-dealkylation sites (N-methyl/N-ethyl adjacent to an activating group) is 1. The third-order valence-corrected chi connectivity index (χ3v) is 5.59. The molecule has 2 atom stereocenters. The van der Waals surface area contributed by atoms with Crippen LogP contribution in [0, 0.1) is 11.3 Å². The molecule has 3 heteroatoms. The molecule has 0 amide bonds. The highest BCUT2D eigenvalue weighted by molar-refractivity contribution is 4.92. The first-order chi connectivity index (χ1) is 9.56. The molecule has 2 aliphatic rings. The van der Waals surface area contributed by atoms with Gasteiger partial charge >= 0.3 is 0 Å². The molecule has 118 valence electrons. The van der Waals surface area contributed by atoms with Gasteiger partial charge in [0.15, 0.2) is 0 Å². The zero-order chi connectivity index (χ0) is 14.6. The number of nitrogens with zero attached hydrogens (tertiary/aromatic N) is 2. The maximum absolute atomic E-state index is 3.49. The third-order valence-electron chi connectivity index (χ3n) is 5.59. The van der Waals surface area contributed by atoms with Crippen molar-refractivity contribution >= 4 is 0 Å². The van der Waals surface area contributed by atoms with Gasteiger partial charge in [0.1, 0.15) is 0 Å². The number of nitrogens with one attached hydrogen (secondary N) is 1. The quantitative estimate of drug-likeness (QED) is 0.781. The van der Waals surface area contributed by atoms with E-state index in [9.17, 15) is 0 Å². The highest BCUT2D eigenvalue weighted by atomic mass is 15.2. The number of hydrogen-bond acceptors (Lipinski definition) is 3. The standard InChI is InChI=1S/C17H35N3/c1-15-11-20(12-16(15)19(3)4)14-17(13-18-2)9-7-5-6-8-10-17/h15-16,18H,5-14H2,1-4H3. The Hall–Kier alpha value is -0.120. The Morgan fingerprint density at radius 1 is 1.10 bits per heavy atom. The predicted molar refractivity (Wildman–Crippen MR) is 87.1 cm³/mol. The lowest BCUT2D eigenvalue weighted by Crippen LogP contribution is -2.43. The van der Waals surface area contributed by atoms with Crippen molar-refractivity contribution in [2.75, 3.05) is 47.3 Å². The van der Waals surface area contributed by atoms with Crippen LogP contribution < -0.4 is 5.32 Å². The molecule has 0 aromatic heterocycles. The number of rotatable bonds is 5. The molecule has 3 nitrogen and oxygen atoms in total. The smallest absolute Gasteiger partial charge is 0.0254 e. The molecule has 1 heterocycles. The van der Waals surface area contributed by atoms with E-state index in [0.717, 1.165) is 12.0 Å². The van der Waals surface area contributed by atoms with Crippen molar-refractivity contribution in [2.45, 2.75) is 51.5 Å². The van der Waals surface area contributed by atoms with Gasteiger partial charge in [0.25, 0.3) is 0 Å².